The van der Waals surface area contributed by atoms with E-state index in [4.69, 9.17) is 28.3 Å². The van der Waals surface area contributed by atoms with Crippen LogP contribution in [-0.2, 0) is 0 Å². The number of hydrogen-bond acceptors (Lipinski definition) is 4. The highest BCUT2D eigenvalue weighted by molar-refractivity contribution is 6.34. The summed E-state index contributed by atoms with van der Waals surface area (Å²) >= 11 is 6.05. The van der Waals surface area contributed by atoms with E-state index in [1.165, 1.54) is 24.3 Å². The lowest BCUT2D eigenvalue weighted by Crippen LogP contribution is -2.14. The fraction of sp³-hybridized carbons (Fsp3) is 0. The number of nitriles is 1. The Morgan fingerprint density at radius 1 is 1.33 bits per heavy atom. The van der Waals surface area contributed by atoms with Gasteiger partial charge in [-0.15, -0.1) is 0 Å². The van der Waals surface area contributed by atoms with Gasteiger partial charge in [-0.25, -0.2) is 4.39 Å². The molecular formula is C14H10ClFN4O. The average molecular weight is 305 g/mol. The summed E-state index contributed by atoms with van der Waals surface area (Å²) in [6.07, 6.45) is 0. The Morgan fingerprint density at radius 2 is 2.05 bits per heavy atom. The van der Waals surface area contributed by atoms with E-state index in [2.05, 4.69) is 5.32 Å². The molecule has 106 valence electrons. The predicted octanol–water partition coefficient (Wildman–Crippen LogP) is 2.78. The lowest BCUT2D eigenvalue weighted by atomic mass is 10.1. The SMILES string of the molecule is N#Cc1cc(F)ccc1Nc1c(Cl)cc(N)cc1C(N)=O. The summed E-state index contributed by atoms with van der Waals surface area (Å²) in [6.45, 7) is 0. The summed E-state index contributed by atoms with van der Waals surface area (Å²) in [5.74, 6) is -1.28. The van der Waals surface area contributed by atoms with Crippen LogP contribution in [0.1, 0.15) is 15.9 Å². The molecule has 21 heavy (non-hydrogen) atoms. The van der Waals surface area contributed by atoms with E-state index < -0.39 is 11.7 Å². The highest BCUT2D eigenvalue weighted by atomic mass is 35.5. The Morgan fingerprint density at radius 3 is 2.67 bits per heavy atom. The zero-order valence-electron chi connectivity index (χ0n) is 10.7. The first-order valence-corrected chi connectivity index (χ1v) is 6.15. The molecule has 0 atom stereocenters. The van der Waals surface area contributed by atoms with Crippen molar-refractivity contribution < 1.29 is 9.18 Å². The Labute approximate surface area is 124 Å². The summed E-state index contributed by atoms with van der Waals surface area (Å²) in [4.78, 5) is 11.5. The highest BCUT2D eigenvalue weighted by Gasteiger charge is 2.15. The van der Waals surface area contributed by atoms with Crippen molar-refractivity contribution in [3.05, 3.63) is 52.3 Å². The lowest BCUT2D eigenvalue weighted by Gasteiger charge is -2.14. The Balaban J connectivity index is 2.55. The standard InChI is InChI=1S/C14H10ClFN4O/c15-11-5-9(18)4-10(14(19)21)13(11)20-12-2-1-8(16)3-7(12)6-17/h1-5,20H,18H2,(H2,19,21). The maximum atomic E-state index is 13.1. The molecule has 0 aromatic heterocycles. The summed E-state index contributed by atoms with van der Waals surface area (Å²) in [5.41, 5.74) is 11.8. The fourth-order valence-electron chi connectivity index (χ4n) is 1.80. The fourth-order valence-corrected chi connectivity index (χ4v) is 2.08. The molecule has 2 rings (SSSR count). The number of nitrogen functional groups attached to an aromatic ring is 1. The molecule has 0 spiro atoms. The van der Waals surface area contributed by atoms with E-state index in [0.29, 0.717) is 5.69 Å². The van der Waals surface area contributed by atoms with Crippen LogP contribution < -0.4 is 16.8 Å². The van der Waals surface area contributed by atoms with Crippen molar-refractivity contribution in [2.75, 3.05) is 11.1 Å². The second kappa shape index (κ2) is 5.69. The van der Waals surface area contributed by atoms with Gasteiger partial charge in [0.2, 0.25) is 0 Å². The molecule has 0 fully saturated rings. The van der Waals surface area contributed by atoms with E-state index in [0.717, 1.165) is 6.07 Å². The molecule has 0 heterocycles. The number of halogens is 2. The van der Waals surface area contributed by atoms with Crippen LogP contribution in [0, 0.1) is 17.1 Å². The summed E-state index contributed by atoms with van der Waals surface area (Å²) in [5, 5.41) is 12.0. The van der Waals surface area contributed by atoms with Crippen molar-refractivity contribution in [2.45, 2.75) is 0 Å². The molecule has 0 aliphatic heterocycles. The minimum Gasteiger partial charge on any atom is -0.399 e. The maximum Gasteiger partial charge on any atom is 0.250 e. The van der Waals surface area contributed by atoms with Crippen LogP contribution in [0.3, 0.4) is 0 Å². The van der Waals surface area contributed by atoms with Gasteiger partial charge in [0.25, 0.3) is 5.91 Å². The van der Waals surface area contributed by atoms with E-state index in [-0.39, 0.29) is 27.5 Å². The third-order valence-corrected chi connectivity index (χ3v) is 3.04. The molecule has 2 aromatic carbocycles. The summed E-state index contributed by atoms with van der Waals surface area (Å²) in [6, 6.07) is 8.27. The van der Waals surface area contributed by atoms with Crippen LogP contribution in [0.25, 0.3) is 0 Å². The van der Waals surface area contributed by atoms with Crippen LogP contribution >= 0.6 is 11.6 Å². The first-order chi connectivity index (χ1) is 9.92. The lowest BCUT2D eigenvalue weighted by molar-refractivity contribution is 0.100. The van der Waals surface area contributed by atoms with Gasteiger partial charge < -0.3 is 16.8 Å². The number of carbonyl (C=O) groups excluding carboxylic acids is 1. The van der Waals surface area contributed by atoms with Crippen LogP contribution in [0.4, 0.5) is 21.5 Å². The van der Waals surface area contributed by atoms with E-state index in [9.17, 15) is 9.18 Å². The topological polar surface area (TPSA) is 105 Å². The molecule has 0 aliphatic carbocycles. The van der Waals surface area contributed by atoms with Crippen LogP contribution in [-0.4, -0.2) is 5.91 Å². The van der Waals surface area contributed by atoms with Crippen molar-refractivity contribution in [3.8, 4) is 6.07 Å². The average Bonchev–Trinajstić information content (AvgIpc) is 2.42. The minimum absolute atomic E-state index is 0.0679. The molecule has 0 aliphatic rings. The van der Waals surface area contributed by atoms with Crippen molar-refractivity contribution in [1.82, 2.24) is 0 Å². The Bertz CT molecular complexity index is 770. The van der Waals surface area contributed by atoms with E-state index in [1.807, 2.05) is 6.07 Å². The zero-order chi connectivity index (χ0) is 15.6. The highest BCUT2D eigenvalue weighted by Crippen LogP contribution is 2.32. The van der Waals surface area contributed by atoms with Gasteiger partial charge in [-0.2, -0.15) is 5.26 Å². The molecule has 0 saturated heterocycles. The number of nitrogens with one attached hydrogen (secondary N) is 1. The summed E-state index contributed by atoms with van der Waals surface area (Å²) in [7, 11) is 0. The normalized spacial score (nSPS) is 9.95. The molecule has 0 bridgehead atoms. The molecular weight excluding hydrogens is 295 g/mol. The van der Waals surface area contributed by atoms with E-state index >= 15 is 0 Å². The van der Waals surface area contributed by atoms with Gasteiger partial charge in [-0.3, -0.25) is 4.79 Å². The molecule has 5 nitrogen and oxygen atoms in total. The van der Waals surface area contributed by atoms with Gasteiger partial charge in [-0.1, -0.05) is 11.6 Å². The third-order valence-electron chi connectivity index (χ3n) is 2.74. The first-order valence-electron chi connectivity index (χ1n) is 5.78. The van der Waals surface area contributed by atoms with Crippen molar-refractivity contribution in [2.24, 2.45) is 5.73 Å². The molecule has 2 aromatic rings. The number of benzene rings is 2. The molecule has 0 saturated carbocycles. The number of carbonyl (C=O) groups is 1. The first kappa shape index (κ1) is 14.6. The van der Waals surface area contributed by atoms with Gasteiger partial charge in [0.1, 0.15) is 11.9 Å². The van der Waals surface area contributed by atoms with Crippen LogP contribution in [0.2, 0.25) is 5.02 Å². The largest absolute Gasteiger partial charge is 0.399 e. The smallest absolute Gasteiger partial charge is 0.250 e. The van der Waals surface area contributed by atoms with Gasteiger partial charge in [0, 0.05) is 5.69 Å². The zero-order valence-corrected chi connectivity index (χ0v) is 11.4. The molecule has 7 heteroatoms. The summed E-state index contributed by atoms with van der Waals surface area (Å²) < 4.78 is 13.1. The van der Waals surface area contributed by atoms with Gasteiger partial charge >= 0.3 is 0 Å². The Kier molecular flexibility index (Phi) is 3.96. The minimum atomic E-state index is -0.729. The van der Waals surface area contributed by atoms with Crippen LogP contribution in [0.15, 0.2) is 30.3 Å². The third kappa shape index (κ3) is 3.04. The monoisotopic (exact) mass is 304 g/mol. The van der Waals surface area contributed by atoms with Gasteiger partial charge in [0.15, 0.2) is 0 Å². The molecule has 5 N–H and O–H groups in total. The van der Waals surface area contributed by atoms with Gasteiger partial charge in [0.05, 0.1) is 27.5 Å². The number of nitrogens with two attached hydrogens (primary N) is 2. The number of rotatable bonds is 3. The van der Waals surface area contributed by atoms with E-state index in [1.54, 1.807) is 0 Å². The maximum absolute atomic E-state index is 13.1. The molecule has 0 unspecified atom stereocenters. The van der Waals surface area contributed by atoms with Crippen molar-refractivity contribution in [1.29, 1.82) is 5.26 Å². The van der Waals surface area contributed by atoms with Crippen LogP contribution in [0.5, 0.6) is 0 Å². The molecule has 1 amide bonds. The quantitative estimate of drug-likeness (QED) is 0.758. The number of anilines is 3. The van der Waals surface area contributed by atoms with Crippen molar-refractivity contribution >= 4 is 34.6 Å². The second-order valence-corrected chi connectivity index (χ2v) is 4.62. The number of hydrogen-bond donors (Lipinski definition) is 3. The van der Waals surface area contributed by atoms with Gasteiger partial charge in [-0.05, 0) is 30.3 Å². The molecule has 0 radical (unpaired) electrons. The number of amides is 1. The Hall–Kier alpha value is -2.78. The number of nitrogens with zero attached hydrogens (tertiary/aromatic N) is 1. The second-order valence-electron chi connectivity index (χ2n) is 4.22. The van der Waals surface area contributed by atoms with Crippen molar-refractivity contribution in [3.63, 3.8) is 0 Å². The predicted molar refractivity (Wildman–Crippen MR) is 78.8 cm³/mol. The number of primary amides is 1.